The second-order valence-electron chi connectivity index (χ2n) is 4.58. The lowest BCUT2D eigenvalue weighted by Crippen LogP contribution is -2.51. The van der Waals surface area contributed by atoms with Crippen LogP contribution in [-0.4, -0.2) is 28.5 Å². The number of carbonyl (C=O) groups excluding carboxylic acids is 1. The third-order valence-electron chi connectivity index (χ3n) is 3.30. The Morgan fingerprint density at radius 1 is 1.32 bits per heavy atom. The van der Waals surface area contributed by atoms with Gasteiger partial charge in [-0.25, -0.2) is 10.4 Å². The number of rotatable bonds is 1. The van der Waals surface area contributed by atoms with Crippen LogP contribution in [0.2, 0.25) is 0 Å². The van der Waals surface area contributed by atoms with Crippen LogP contribution in [0, 0.1) is 0 Å². The number of carbonyl (C=O) groups is 1. The lowest BCUT2D eigenvalue weighted by molar-refractivity contribution is -0.125. The van der Waals surface area contributed by atoms with Crippen LogP contribution in [0.3, 0.4) is 0 Å². The number of benzene rings is 1. The zero-order chi connectivity index (χ0) is 13.4. The first-order valence-electron chi connectivity index (χ1n) is 6.14. The van der Waals surface area contributed by atoms with E-state index >= 15 is 0 Å². The smallest absolute Gasteiger partial charge is 0.264 e. The van der Waals surface area contributed by atoms with Crippen molar-refractivity contribution >= 4 is 33.4 Å². The number of hydrogen-bond acceptors (Lipinski definition) is 4. The van der Waals surface area contributed by atoms with E-state index in [-0.39, 0.29) is 11.9 Å². The summed E-state index contributed by atoms with van der Waals surface area (Å²) in [7, 11) is 0. The Kier molecular flexibility index (Phi) is 3.10. The molecule has 0 radical (unpaired) electrons. The summed E-state index contributed by atoms with van der Waals surface area (Å²) in [6.07, 6.45) is 1.62. The molecule has 1 amide bonds. The molecule has 2 heterocycles. The molecule has 1 atom stereocenters. The Bertz CT molecular complexity index is 579. The van der Waals surface area contributed by atoms with Gasteiger partial charge in [0.1, 0.15) is 11.9 Å². The summed E-state index contributed by atoms with van der Waals surface area (Å²) in [5.41, 5.74) is 4.60. The summed E-state index contributed by atoms with van der Waals surface area (Å²) in [4.78, 5) is 11.6. The van der Waals surface area contributed by atoms with E-state index in [2.05, 4.69) is 31.6 Å². The van der Waals surface area contributed by atoms with Crippen molar-refractivity contribution in [3.05, 3.63) is 34.3 Å². The second kappa shape index (κ2) is 4.77. The largest absolute Gasteiger partial charge is 0.271 e. The van der Waals surface area contributed by atoms with E-state index in [9.17, 15) is 4.79 Å². The molecule has 0 aromatic heterocycles. The van der Waals surface area contributed by atoms with Crippen LogP contribution >= 0.6 is 15.9 Å². The van der Waals surface area contributed by atoms with Crippen molar-refractivity contribution < 1.29 is 4.79 Å². The van der Waals surface area contributed by atoms with Gasteiger partial charge in [0.05, 0.1) is 5.71 Å². The monoisotopic (exact) mass is 320 g/mol. The average Bonchev–Trinajstić information content (AvgIpc) is 2.44. The van der Waals surface area contributed by atoms with E-state index < -0.39 is 0 Å². The molecule has 98 valence electrons. The highest BCUT2D eigenvalue weighted by Crippen LogP contribution is 2.21. The molecule has 0 saturated carbocycles. The van der Waals surface area contributed by atoms with E-state index in [1.54, 1.807) is 5.01 Å². The highest BCUT2D eigenvalue weighted by Gasteiger charge is 2.31. The lowest BCUT2D eigenvalue weighted by atomic mass is 10.0. The standard InChI is InChI=1S/C13H13BrN4O/c1-8-13(19)16-15-12-7-6-11(17-18(8)12)9-2-4-10(14)5-3-9/h2-5,8H,6-7H2,1H3,(H,16,19). The van der Waals surface area contributed by atoms with Gasteiger partial charge in [-0.3, -0.25) is 4.79 Å². The predicted molar refractivity (Wildman–Crippen MR) is 76.8 cm³/mol. The van der Waals surface area contributed by atoms with E-state index in [0.29, 0.717) is 0 Å². The maximum Gasteiger partial charge on any atom is 0.264 e. The molecular weight excluding hydrogens is 308 g/mol. The van der Waals surface area contributed by atoms with Crippen LogP contribution < -0.4 is 5.43 Å². The minimum absolute atomic E-state index is 0.121. The molecule has 6 heteroatoms. The number of fused-ring (bicyclic) bond motifs is 1. The van der Waals surface area contributed by atoms with Crippen molar-refractivity contribution in [1.29, 1.82) is 0 Å². The summed E-state index contributed by atoms with van der Waals surface area (Å²) < 4.78 is 1.04. The molecule has 2 aliphatic heterocycles. The molecule has 3 rings (SSSR count). The summed E-state index contributed by atoms with van der Waals surface area (Å²) >= 11 is 3.42. The zero-order valence-corrected chi connectivity index (χ0v) is 12.0. The number of nitrogens with one attached hydrogen (secondary N) is 1. The van der Waals surface area contributed by atoms with Crippen LogP contribution in [-0.2, 0) is 4.79 Å². The van der Waals surface area contributed by atoms with Crippen molar-refractivity contribution in [3.8, 4) is 0 Å². The van der Waals surface area contributed by atoms with Gasteiger partial charge in [0.25, 0.3) is 5.91 Å². The fourth-order valence-corrected chi connectivity index (χ4v) is 2.43. The molecule has 0 fully saturated rings. The van der Waals surface area contributed by atoms with Crippen molar-refractivity contribution in [2.75, 3.05) is 0 Å². The van der Waals surface area contributed by atoms with E-state index in [0.717, 1.165) is 34.4 Å². The van der Waals surface area contributed by atoms with Gasteiger partial charge in [0.2, 0.25) is 0 Å². The SMILES string of the molecule is CC1C(=O)NN=C2CCC(c3ccc(Br)cc3)=NN21. The van der Waals surface area contributed by atoms with E-state index in [1.807, 2.05) is 31.2 Å². The van der Waals surface area contributed by atoms with Gasteiger partial charge in [0.15, 0.2) is 0 Å². The molecule has 19 heavy (non-hydrogen) atoms. The molecule has 0 spiro atoms. The first-order valence-corrected chi connectivity index (χ1v) is 6.93. The first kappa shape index (κ1) is 12.3. The molecule has 0 saturated heterocycles. The average molecular weight is 321 g/mol. The van der Waals surface area contributed by atoms with Crippen LogP contribution in [0.4, 0.5) is 0 Å². The Balaban J connectivity index is 1.94. The summed E-state index contributed by atoms with van der Waals surface area (Å²) in [6.45, 7) is 1.83. The fourth-order valence-electron chi connectivity index (χ4n) is 2.17. The van der Waals surface area contributed by atoms with Crippen molar-refractivity contribution in [2.45, 2.75) is 25.8 Å². The topological polar surface area (TPSA) is 57.1 Å². The summed E-state index contributed by atoms with van der Waals surface area (Å²) in [5, 5.41) is 10.4. The van der Waals surface area contributed by atoms with Gasteiger partial charge >= 0.3 is 0 Å². The van der Waals surface area contributed by atoms with Crippen LogP contribution in [0.1, 0.15) is 25.3 Å². The first-order chi connectivity index (χ1) is 9.15. The van der Waals surface area contributed by atoms with Crippen LogP contribution in [0.25, 0.3) is 0 Å². The van der Waals surface area contributed by atoms with Gasteiger partial charge in [-0.1, -0.05) is 28.1 Å². The number of amides is 1. The molecule has 1 unspecified atom stereocenters. The maximum absolute atomic E-state index is 11.6. The Labute approximate surface area is 119 Å². The summed E-state index contributed by atoms with van der Waals surface area (Å²) in [6, 6.07) is 7.74. The van der Waals surface area contributed by atoms with Gasteiger partial charge < -0.3 is 0 Å². The molecule has 1 N–H and O–H groups in total. The maximum atomic E-state index is 11.6. The second-order valence-corrected chi connectivity index (χ2v) is 5.49. The third kappa shape index (κ3) is 2.28. The summed E-state index contributed by atoms with van der Waals surface area (Å²) in [5.74, 6) is 0.706. The normalized spacial score (nSPS) is 22.3. The van der Waals surface area contributed by atoms with E-state index in [1.165, 1.54) is 0 Å². The van der Waals surface area contributed by atoms with Gasteiger partial charge in [-0.2, -0.15) is 10.2 Å². The van der Waals surface area contributed by atoms with Gasteiger partial charge in [-0.05, 0) is 31.0 Å². The highest BCUT2D eigenvalue weighted by atomic mass is 79.9. The molecule has 1 aromatic rings. The minimum atomic E-state index is -0.307. The molecular formula is C13H13BrN4O. The molecule has 1 aromatic carbocycles. The lowest BCUT2D eigenvalue weighted by Gasteiger charge is -2.33. The Hall–Kier alpha value is -1.69. The Morgan fingerprint density at radius 2 is 2.05 bits per heavy atom. The minimum Gasteiger partial charge on any atom is -0.271 e. The molecule has 5 nitrogen and oxygen atoms in total. The quantitative estimate of drug-likeness (QED) is 0.861. The zero-order valence-electron chi connectivity index (χ0n) is 10.4. The number of amidine groups is 1. The third-order valence-corrected chi connectivity index (χ3v) is 3.83. The molecule has 2 aliphatic rings. The Morgan fingerprint density at radius 3 is 2.79 bits per heavy atom. The predicted octanol–water partition coefficient (Wildman–Crippen LogP) is 2.08. The number of hydrazone groups is 2. The van der Waals surface area contributed by atoms with Crippen molar-refractivity contribution in [3.63, 3.8) is 0 Å². The van der Waals surface area contributed by atoms with E-state index in [4.69, 9.17) is 0 Å². The van der Waals surface area contributed by atoms with Crippen molar-refractivity contribution in [1.82, 2.24) is 10.4 Å². The molecule has 0 bridgehead atoms. The highest BCUT2D eigenvalue weighted by molar-refractivity contribution is 9.10. The van der Waals surface area contributed by atoms with Gasteiger partial charge in [-0.15, -0.1) is 0 Å². The molecule has 0 aliphatic carbocycles. The number of nitrogens with zero attached hydrogens (tertiary/aromatic N) is 3. The van der Waals surface area contributed by atoms with Crippen LogP contribution in [0.15, 0.2) is 38.9 Å². The number of hydrogen-bond donors (Lipinski definition) is 1. The van der Waals surface area contributed by atoms with Crippen LogP contribution in [0.5, 0.6) is 0 Å². The van der Waals surface area contributed by atoms with Gasteiger partial charge in [0, 0.05) is 10.9 Å². The van der Waals surface area contributed by atoms with Crippen molar-refractivity contribution in [2.24, 2.45) is 10.2 Å². The fraction of sp³-hybridized carbons (Fsp3) is 0.308. The number of halogens is 1.